The van der Waals surface area contributed by atoms with E-state index in [9.17, 15) is 18.4 Å². The van der Waals surface area contributed by atoms with Crippen molar-refractivity contribution in [1.29, 1.82) is 0 Å². The number of hydrogen-bond donors (Lipinski definition) is 0. The number of ether oxygens (including phenoxy) is 2. The molecule has 0 fully saturated rings. The second kappa shape index (κ2) is 12.5. The highest BCUT2D eigenvalue weighted by Gasteiger charge is 2.11. The molecule has 2 aromatic carbocycles. The van der Waals surface area contributed by atoms with Gasteiger partial charge >= 0.3 is 11.9 Å². The Kier molecular flexibility index (Phi) is 9.71. The Morgan fingerprint density at radius 2 is 1.50 bits per heavy atom. The zero-order valence-electron chi connectivity index (χ0n) is 17.0. The lowest BCUT2D eigenvalue weighted by Gasteiger charge is -2.06. The van der Waals surface area contributed by atoms with E-state index < -0.39 is 23.6 Å². The van der Waals surface area contributed by atoms with Gasteiger partial charge in [-0.25, -0.2) is 18.4 Å². The topological polar surface area (TPSA) is 52.6 Å². The van der Waals surface area contributed by atoms with Crippen molar-refractivity contribution in [1.82, 2.24) is 0 Å². The molecule has 0 bridgehead atoms. The standard InChI is InChI=1S/C24H26F2O4/c1-2-3-4-5-6-7-8-9-10-23(27)29-19-13-11-18(12-14-19)24(28)30-20-15-16-21(25)22(26)17-20/h9-17H,2-8H2,1H3. The van der Waals surface area contributed by atoms with Gasteiger partial charge in [0, 0.05) is 12.1 Å². The quantitative estimate of drug-likeness (QED) is 0.184. The van der Waals surface area contributed by atoms with Gasteiger partial charge in [0.25, 0.3) is 0 Å². The molecule has 0 N–H and O–H groups in total. The summed E-state index contributed by atoms with van der Waals surface area (Å²) in [5, 5.41) is 0. The average Bonchev–Trinajstić information content (AvgIpc) is 2.73. The van der Waals surface area contributed by atoms with Gasteiger partial charge in [0.15, 0.2) is 11.6 Å². The van der Waals surface area contributed by atoms with Crippen LogP contribution in [0.1, 0.15) is 62.2 Å². The molecule has 0 aliphatic carbocycles. The number of rotatable bonds is 11. The van der Waals surface area contributed by atoms with Crippen molar-refractivity contribution >= 4 is 11.9 Å². The minimum Gasteiger partial charge on any atom is -0.423 e. The van der Waals surface area contributed by atoms with E-state index in [4.69, 9.17) is 9.47 Å². The fourth-order valence-corrected chi connectivity index (χ4v) is 2.74. The monoisotopic (exact) mass is 416 g/mol. The number of halogens is 2. The van der Waals surface area contributed by atoms with Crippen LogP contribution in [0.3, 0.4) is 0 Å². The van der Waals surface area contributed by atoms with Crippen LogP contribution < -0.4 is 9.47 Å². The number of carbonyl (C=O) groups excluding carboxylic acids is 2. The molecule has 0 aromatic heterocycles. The molecule has 4 nitrogen and oxygen atoms in total. The number of benzene rings is 2. The van der Waals surface area contributed by atoms with Crippen LogP contribution in [0.4, 0.5) is 8.78 Å². The lowest BCUT2D eigenvalue weighted by molar-refractivity contribution is -0.129. The third-order valence-corrected chi connectivity index (χ3v) is 4.39. The summed E-state index contributed by atoms with van der Waals surface area (Å²) in [5.74, 6) is -3.18. The van der Waals surface area contributed by atoms with Crippen LogP contribution in [-0.2, 0) is 4.79 Å². The summed E-state index contributed by atoms with van der Waals surface area (Å²) in [5.41, 5.74) is 0.179. The molecule has 0 atom stereocenters. The Hall–Kier alpha value is -3.02. The smallest absolute Gasteiger partial charge is 0.343 e. The Morgan fingerprint density at radius 3 is 2.20 bits per heavy atom. The fraction of sp³-hybridized carbons (Fsp3) is 0.333. The molecule has 0 unspecified atom stereocenters. The molecule has 0 radical (unpaired) electrons. The number of carbonyl (C=O) groups is 2. The van der Waals surface area contributed by atoms with Gasteiger partial charge in [-0.2, -0.15) is 0 Å². The summed E-state index contributed by atoms with van der Waals surface area (Å²) in [6, 6.07) is 8.59. The maximum Gasteiger partial charge on any atom is 0.343 e. The van der Waals surface area contributed by atoms with Gasteiger partial charge in [-0.1, -0.05) is 45.1 Å². The third-order valence-electron chi connectivity index (χ3n) is 4.39. The summed E-state index contributed by atoms with van der Waals surface area (Å²) in [6.07, 6.45) is 11.2. The molecule has 0 saturated heterocycles. The largest absolute Gasteiger partial charge is 0.423 e. The molecule has 0 heterocycles. The maximum absolute atomic E-state index is 13.2. The highest BCUT2D eigenvalue weighted by Crippen LogP contribution is 2.18. The van der Waals surface area contributed by atoms with Gasteiger partial charge in [0.2, 0.25) is 0 Å². The minimum absolute atomic E-state index is 0.107. The number of hydrogen-bond acceptors (Lipinski definition) is 4. The SMILES string of the molecule is CCCCCCCCC=CC(=O)Oc1ccc(C(=O)Oc2ccc(F)c(F)c2)cc1. The van der Waals surface area contributed by atoms with Gasteiger partial charge in [0.1, 0.15) is 11.5 Å². The summed E-state index contributed by atoms with van der Waals surface area (Å²) >= 11 is 0. The first-order valence-electron chi connectivity index (χ1n) is 10.1. The fourth-order valence-electron chi connectivity index (χ4n) is 2.74. The van der Waals surface area contributed by atoms with Crippen molar-refractivity contribution in [3.8, 4) is 11.5 Å². The van der Waals surface area contributed by atoms with Crippen LogP contribution in [0, 0.1) is 11.6 Å². The van der Waals surface area contributed by atoms with Gasteiger partial charge in [-0.15, -0.1) is 0 Å². The Bertz CT molecular complexity index is 860. The van der Waals surface area contributed by atoms with E-state index in [0.29, 0.717) is 0 Å². The second-order valence-corrected chi connectivity index (χ2v) is 6.87. The molecular formula is C24H26F2O4. The molecule has 0 saturated carbocycles. The molecule has 6 heteroatoms. The van der Waals surface area contributed by atoms with Crippen LogP contribution >= 0.6 is 0 Å². The summed E-state index contributed by atoms with van der Waals surface area (Å²) in [4.78, 5) is 23.9. The van der Waals surface area contributed by atoms with E-state index in [1.165, 1.54) is 56.0 Å². The van der Waals surface area contributed by atoms with Gasteiger partial charge in [-0.05, 0) is 49.2 Å². The molecular weight excluding hydrogens is 390 g/mol. The predicted molar refractivity (Wildman–Crippen MR) is 111 cm³/mol. The van der Waals surface area contributed by atoms with E-state index >= 15 is 0 Å². The van der Waals surface area contributed by atoms with E-state index in [2.05, 4.69) is 6.92 Å². The van der Waals surface area contributed by atoms with Crippen molar-refractivity contribution < 1.29 is 27.8 Å². The Morgan fingerprint density at radius 1 is 0.833 bits per heavy atom. The van der Waals surface area contributed by atoms with Crippen molar-refractivity contribution in [2.45, 2.75) is 51.9 Å². The number of esters is 2. The summed E-state index contributed by atoms with van der Waals surface area (Å²) in [7, 11) is 0. The lowest BCUT2D eigenvalue weighted by Crippen LogP contribution is -2.09. The Labute approximate surface area is 175 Å². The van der Waals surface area contributed by atoms with E-state index in [-0.39, 0.29) is 17.1 Å². The maximum atomic E-state index is 13.2. The van der Waals surface area contributed by atoms with E-state index in [1.807, 2.05) is 0 Å². The number of unbranched alkanes of at least 4 members (excludes halogenated alkanes) is 6. The van der Waals surface area contributed by atoms with Crippen LogP contribution in [0.15, 0.2) is 54.6 Å². The first-order valence-corrected chi connectivity index (χ1v) is 10.1. The molecule has 0 amide bonds. The summed E-state index contributed by atoms with van der Waals surface area (Å²) in [6.45, 7) is 2.18. The zero-order chi connectivity index (χ0) is 21.8. The molecule has 160 valence electrons. The molecule has 2 aromatic rings. The molecule has 30 heavy (non-hydrogen) atoms. The van der Waals surface area contributed by atoms with Crippen molar-refractivity contribution in [3.63, 3.8) is 0 Å². The van der Waals surface area contributed by atoms with Crippen molar-refractivity contribution in [3.05, 3.63) is 71.8 Å². The first-order chi connectivity index (χ1) is 14.5. The normalized spacial score (nSPS) is 10.9. The summed E-state index contributed by atoms with van der Waals surface area (Å²) < 4.78 is 36.3. The molecule has 0 aliphatic heterocycles. The lowest BCUT2D eigenvalue weighted by atomic mass is 10.1. The predicted octanol–water partition coefficient (Wildman–Crippen LogP) is 6.40. The van der Waals surface area contributed by atoms with E-state index in [0.717, 1.165) is 37.5 Å². The molecule has 2 rings (SSSR count). The highest BCUT2D eigenvalue weighted by atomic mass is 19.2. The van der Waals surface area contributed by atoms with Crippen LogP contribution in [0.2, 0.25) is 0 Å². The van der Waals surface area contributed by atoms with Gasteiger partial charge in [0.05, 0.1) is 5.56 Å². The Balaban J connectivity index is 1.76. The third kappa shape index (κ3) is 8.15. The van der Waals surface area contributed by atoms with Gasteiger partial charge in [-0.3, -0.25) is 0 Å². The molecule has 0 spiro atoms. The number of allylic oxidation sites excluding steroid dienone is 1. The van der Waals surface area contributed by atoms with Crippen molar-refractivity contribution in [2.24, 2.45) is 0 Å². The van der Waals surface area contributed by atoms with Crippen LogP contribution in [0.5, 0.6) is 11.5 Å². The van der Waals surface area contributed by atoms with Gasteiger partial charge < -0.3 is 9.47 Å². The van der Waals surface area contributed by atoms with Crippen LogP contribution in [0.25, 0.3) is 0 Å². The second-order valence-electron chi connectivity index (χ2n) is 6.87. The van der Waals surface area contributed by atoms with E-state index in [1.54, 1.807) is 6.08 Å². The average molecular weight is 416 g/mol. The van der Waals surface area contributed by atoms with Crippen molar-refractivity contribution in [2.75, 3.05) is 0 Å². The first kappa shape index (κ1) is 23.3. The minimum atomic E-state index is -1.10. The highest BCUT2D eigenvalue weighted by molar-refractivity contribution is 5.91. The molecule has 0 aliphatic rings. The zero-order valence-corrected chi connectivity index (χ0v) is 17.0. The van der Waals surface area contributed by atoms with Crippen LogP contribution in [-0.4, -0.2) is 11.9 Å².